The highest BCUT2D eigenvalue weighted by molar-refractivity contribution is 6.30. The standard InChI is InChI=1S/C16H24ClN3O/c1-3-19(4-2)16(21)15-9-14(18)11-20(15)10-12-5-7-13(17)8-6-12/h5-8,14-15H,3-4,9-11,18H2,1-2H3/t14-,15-/m0/s1. The van der Waals surface area contributed by atoms with E-state index in [0.29, 0.717) is 0 Å². The second-order valence-corrected chi connectivity index (χ2v) is 6.01. The second kappa shape index (κ2) is 7.25. The summed E-state index contributed by atoms with van der Waals surface area (Å²) in [5.41, 5.74) is 7.24. The van der Waals surface area contributed by atoms with Crippen molar-refractivity contribution in [1.29, 1.82) is 0 Å². The van der Waals surface area contributed by atoms with E-state index in [9.17, 15) is 4.79 Å². The molecular formula is C16H24ClN3O. The molecule has 1 amide bonds. The molecular weight excluding hydrogens is 286 g/mol. The van der Waals surface area contributed by atoms with E-state index >= 15 is 0 Å². The molecule has 1 heterocycles. The predicted octanol–water partition coefficient (Wildman–Crippen LogP) is 2.11. The van der Waals surface area contributed by atoms with E-state index in [1.54, 1.807) is 0 Å². The molecule has 1 aliphatic heterocycles. The number of carbonyl (C=O) groups is 1. The molecule has 0 radical (unpaired) electrons. The van der Waals surface area contributed by atoms with Crippen LogP contribution in [0, 0.1) is 0 Å². The predicted molar refractivity (Wildman–Crippen MR) is 86.2 cm³/mol. The third-order valence-electron chi connectivity index (χ3n) is 4.09. The first-order valence-electron chi connectivity index (χ1n) is 7.58. The quantitative estimate of drug-likeness (QED) is 0.906. The number of hydrogen-bond acceptors (Lipinski definition) is 3. The molecule has 0 aromatic heterocycles. The summed E-state index contributed by atoms with van der Waals surface area (Å²) in [7, 11) is 0. The summed E-state index contributed by atoms with van der Waals surface area (Å²) >= 11 is 5.92. The number of amides is 1. The normalized spacial score (nSPS) is 22.5. The summed E-state index contributed by atoms with van der Waals surface area (Å²) in [5, 5.41) is 0.729. The van der Waals surface area contributed by atoms with E-state index in [1.165, 1.54) is 0 Å². The lowest BCUT2D eigenvalue weighted by Gasteiger charge is -2.28. The molecule has 0 spiro atoms. The molecule has 4 nitrogen and oxygen atoms in total. The van der Waals surface area contributed by atoms with Crippen molar-refractivity contribution < 1.29 is 4.79 Å². The summed E-state index contributed by atoms with van der Waals surface area (Å²) < 4.78 is 0. The Balaban J connectivity index is 2.09. The maximum absolute atomic E-state index is 12.6. The minimum Gasteiger partial charge on any atom is -0.342 e. The van der Waals surface area contributed by atoms with Crippen LogP contribution >= 0.6 is 11.6 Å². The maximum atomic E-state index is 12.6. The lowest BCUT2D eigenvalue weighted by molar-refractivity contribution is -0.135. The lowest BCUT2D eigenvalue weighted by Crippen LogP contribution is -2.45. The Hall–Kier alpha value is -1.10. The Morgan fingerprint density at radius 2 is 1.95 bits per heavy atom. The van der Waals surface area contributed by atoms with Crippen LogP contribution in [-0.2, 0) is 11.3 Å². The number of halogens is 1. The summed E-state index contributed by atoms with van der Waals surface area (Å²) in [6, 6.07) is 7.75. The zero-order chi connectivity index (χ0) is 15.4. The van der Waals surface area contributed by atoms with Gasteiger partial charge < -0.3 is 10.6 Å². The summed E-state index contributed by atoms with van der Waals surface area (Å²) in [5.74, 6) is 0.196. The third kappa shape index (κ3) is 3.96. The van der Waals surface area contributed by atoms with Gasteiger partial charge in [-0.25, -0.2) is 0 Å². The fraction of sp³-hybridized carbons (Fsp3) is 0.562. The van der Waals surface area contributed by atoms with Crippen molar-refractivity contribution >= 4 is 17.5 Å². The second-order valence-electron chi connectivity index (χ2n) is 5.58. The molecule has 2 rings (SSSR count). The van der Waals surface area contributed by atoms with Gasteiger partial charge in [-0.2, -0.15) is 0 Å². The molecule has 0 bridgehead atoms. The zero-order valence-electron chi connectivity index (χ0n) is 12.8. The first-order chi connectivity index (χ1) is 10.0. The van der Waals surface area contributed by atoms with Crippen molar-refractivity contribution in [2.45, 2.75) is 38.9 Å². The van der Waals surface area contributed by atoms with Crippen molar-refractivity contribution in [1.82, 2.24) is 9.80 Å². The number of likely N-dealkylation sites (N-methyl/N-ethyl adjacent to an activating group) is 1. The van der Waals surface area contributed by atoms with Gasteiger partial charge in [0.1, 0.15) is 0 Å². The Labute approximate surface area is 131 Å². The Morgan fingerprint density at radius 1 is 1.33 bits per heavy atom. The number of benzene rings is 1. The summed E-state index contributed by atoms with van der Waals surface area (Å²) in [4.78, 5) is 16.7. The molecule has 0 aliphatic carbocycles. The highest BCUT2D eigenvalue weighted by Gasteiger charge is 2.36. The maximum Gasteiger partial charge on any atom is 0.239 e. The number of carbonyl (C=O) groups excluding carboxylic acids is 1. The highest BCUT2D eigenvalue weighted by atomic mass is 35.5. The fourth-order valence-electron chi connectivity index (χ4n) is 2.94. The van der Waals surface area contributed by atoms with Gasteiger partial charge in [-0.1, -0.05) is 23.7 Å². The van der Waals surface area contributed by atoms with Crippen molar-refractivity contribution in [3.8, 4) is 0 Å². The van der Waals surface area contributed by atoms with Crippen molar-refractivity contribution in [3.63, 3.8) is 0 Å². The van der Waals surface area contributed by atoms with Crippen LogP contribution in [0.5, 0.6) is 0 Å². The summed E-state index contributed by atoms with van der Waals surface area (Å²) in [6.07, 6.45) is 0.739. The number of likely N-dealkylation sites (tertiary alicyclic amines) is 1. The van der Waals surface area contributed by atoms with Crippen LogP contribution in [0.15, 0.2) is 24.3 Å². The molecule has 1 aromatic carbocycles. The van der Waals surface area contributed by atoms with Gasteiger partial charge in [-0.05, 0) is 38.0 Å². The van der Waals surface area contributed by atoms with Gasteiger partial charge in [0.05, 0.1) is 6.04 Å². The van der Waals surface area contributed by atoms with Gasteiger partial charge >= 0.3 is 0 Å². The Kier molecular flexibility index (Phi) is 5.62. The smallest absolute Gasteiger partial charge is 0.239 e. The molecule has 1 saturated heterocycles. The van der Waals surface area contributed by atoms with Crippen LogP contribution in [-0.4, -0.2) is 47.4 Å². The first-order valence-corrected chi connectivity index (χ1v) is 7.95. The van der Waals surface area contributed by atoms with Crippen molar-refractivity contribution in [2.75, 3.05) is 19.6 Å². The molecule has 2 N–H and O–H groups in total. The SMILES string of the molecule is CCN(CC)C(=O)[C@@H]1C[C@H](N)CN1Cc1ccc(Cl)cc1. The number of rotatable bonds is 5. The molecule has 1 aliphatic rings. The van der Waals surface area contributed by atoms with Crippen LogP contribution in [0.3, 0.4) is 0 Å². The minimum absolute atomic E-state index is 0.0711. The van der Waals surface area contributed by atoms with Gasteiger partial charge in [0.2, 0.25) is 5.91 Å². The van der Waals surface area contributed by atoms with E-state index in [1.807, 2.05) is 43.0 Å². The molecule has 21 heavy (non-hydrogen) atoms. The average molecular weight is 310 g/mol. The fourth-order valence-corrected chi connectivity index (χ4v) is 3.07. The van der Waals surface area contributed by atoms with E-state index in [2.05, 4.69) is 4.90 Å². The van der Waals surface area contributed by atoms with E-state index in [4.69, 9.17) is 17.3 Å². The highest BCUT2D eigenvalue weighted by Crippen LogP contribution is 2.22. The molecule has 0 saturated carbocycles. The molecule has 0 unspecified atom stereocenters. The van der Waals surface area contributed by atoms with Gasteiger partial charge in [0.15, 0.2) is 0 Å². The lowest BCUT2D eigenvalue weighted by atomic mass is 10.1. The van der Waals surface area contributed by atoms with Gasteiger partial charge in [-0.15, -0.1) is 0 Å². The van der Waals surface area contributed by atoms with Gasteiger partial charge in [0, 0.05) is 37.2 Å². The van der Waals surface area contributed by atoms with Crippen LogP contribution < -0.4 is 5.73 Å². The Morgan fingerprint density at radius 3 is 2.52 bits per heavy atom. The topological polar surface area (TPSA) is 49.6 Å². The van der Waals surface area contributed by atoms with E-state index in [-0.39, 0.29) is 18.0 Å². The molecule has 2 atom stereocenters. The molecule has 5 heteroatoms. The molecule has 1 aromatic rings. The van der Waals surface area contributed by atoms with Crippen LogP contribution in [0.1, 0.15) is 25.8 Å². The Bertz CT molecular complexity index is 473. The monoisotopic (exact) mass is 309 g/mol. The first kappa shape index (κ1) is 16.3. The number of nitrogens with two attached hydrogens (primary N) is 1. The van der Waals surface area contributed by atoms with Gasteiger partial charge in [-0.3, -0.25) is 9.69 Å². The van der Waals surface area contributed by atoms with Crippen LogP contribution in [0.2, 0.25) is 5.02 Å². The molecule has 1 fully saturated rings. The third-order valence-corrected chi connectivity index (χ3v) is 4.35. The van der Waals surface area contributed by atoms with Crippen molar-refractivity contribution in [3.05, 3.63) is 34.9 Å². The molecule has 116 valence electrons. The number of nitrogens with zero attached hydrogens (tertiary/aromatic N) is 2. The van der Waals surface area contributed by atoms with E-state index < -0.39 is 0 Å². The zero-order valence-corrected chi connectivity index (χ0v) is 13.5. The van der Waals surface area contributed by atoms with Crippen LogP contribution in [0.4, 0.5) is 0 Å². The minimum atomic E-state index is -0.101. The average Bonchev–Trinajstić information content (AvgIpc) is 2.83. The largest absolute Gasteiger partial charge is 0.342 e. The summed E-state index contributed by atoms with van der Waals surface area (Å²) in [6.45, 7) is 7.02. The van der Waals surface area contributed by atoms with E-state index in [0.717, 1.165) is 43.2 Å². The van der Waals surface area contributed by atoms with Crippen LogP contribution in [0.25, 0.3) is 0 Å². The number of hydrogen-bond donors (Lipinski definition) is 1. The van der Waals surface area contributed by atoms with Crippen molar-refractivity contribution in [2.24, 2.45) is 5.73 Å². The van der Waals surface area contributed by atoms with Gasteiger partial charge in [0.25, 0.3) is 0 Å².